The monoisotopic (exact) mass is 538 g/mol. The highest BCUT2D eigenvalue weighted by atomic mass is 19.1. The number of ether oxygens (including phenoxy) is 1. The molecule has 0 spiro atoms. The molecule has 39 heavy (non-hydrogen) atoms. The van der Waals surface area contributed by atoms with Gasteiger partial charge in [0.1, 0.15) is 6.10 Å². The van der Waals surface area contributed by atoms with Crippen molar-refractivity contribution in [3.05, 3.63) is 47.8 Å². The Morgan fingerprint density at radius 1 is 0.821 bits per heavy atom. The fourth-order valence-corrected chi connectivity index (χ4v) is 5.56. The summed E-state index contributed by atoms with van der Waals surface area (Å²) in [7, 11) is 0. The molecular formula is C34H51FN2O2. The summed E-state index contributed by atoms with van der Waals surface area (Å²) in [6, 6.07) is 8.65. The lowest BCUT2D eigenvalue weighted by molar-refractivity contribution is -0.157. The van der Waals surface area contributed by atoms with Crippen molar-refractivity contribution in [2.45, 2.75) is 142 Å². The first-order chi connectivity index (χ1) is 19.1. The summed E-state index contributed by atoms with van der Waals surface area (Å²) in [5.74, 6) is 0.770. The lowest BCUT2D eigenvalue weighted by atomic mass is 9.83. The number of alkyl halides is 1. The van der Waals surface area contributed by atoms with Gasteiger partial charge >= 0.3 is 5.97 Å². The number of carbonyl (C=O) groups excluding carboxylic acids is 1. The van der Waals surface area contributed by atoms with Gasteiger partial charge in [-0.3, -0.25) is 0 Å². The largest absolute Gasteiger partial charge is 0.460 e. The lowest BCUT2D eigenvalue weighted by Crippen LogP contribution is -2.29. The normalized spacial score (nSPS) is 18.1. The summed E-state index contributed by atoms with van der Waals surface area (Å²) in [5, 5.41) is 0. The minimum absolute atomic E-state index is 0.111. The lowest BCUT2D eigenvalue weighted by Gasteiger charge is -2.28. The fourth-order valence-electron chi connectivity index (χ4n) is 5.56. The molecular weight excluding hydrogens is 487 g/mol. The summed E-state index contributed by atoms with van der Waals surface area (Å²) in [5.41, 5.74) is 3.62. The molecule has 0 radical (unpaired) electrons. The number of carbonyl (C=O) groups is 1. The number of unbranched alkanes of at least 4 members (excludes halogenated alkanes) is 8. The minimum atomic E-state index is -1.46. The highest BCUT2D eigenvalue weighted by molar-refractivity contribution is 5.74. The van der Waals surface area contributed by atoms with Gasteiger partial charge in [0.2, 0.25) is 0 Å². The van der Waals surface area contributed by atoms with Gasteiger partial charge in [0.15, 0.2) is 12.0 Å². The van der Waals surface area contributed by atoms with E-state index in [9.17, 15) is 9.18 Å². The Balaban J connectivity index is 1.32. The Bertz CT molecular complexity index is 923. The van der Waals surface area contributed by atoms with Crippen molar-refractivity contribution in [3.8, 4) is 11.4 Å². The first-order valence-corrected chi connectivity index (χ1v) is 15.8. The Kier molecular flexibility index (Phi) is 14.5. The minimum Gasteiger partial charge on any atom is -0.460 e. The predicted molar refractivity (Wildman–Crippen MR) is 158 cm³/mol. The van der Waals surface area contributed by atoms with Crippen LogP contribution in [0.2, 0.25) is 0 Å². The van der Waals surface area contributed by atoms with Crippen molar-refractivity contribution in [3.63, 3.8) is 0 Å². The van der Waals surface area contributed by atoms with Gasteiger partial charge in [-0.15, -0.1) is 0 Å². The molecule has 5 heteroatoms. The van der Waals surface area contributed by atoms with Crippen LogP contribution in [0.3, 0.4) is 0 Å². The van der Waals surface area contributed by atoms with Gasteiger partial charge in [0.05, 0.1) is 0 Å². The number of halogens is 1. The summed E-state index contributed by atoms with van der Waals surface area (Å²) in [4.78, 5) is 21.2. The number of hydrogen-bond donors (Lipinski definition) is 0. The zero-order valence-corrected chi connectivity index (χ0v) is 24.5. The summed E-state index contributed by atoms with van der Waals surface area (Å²) in [6.07, 6.45) is 22.0. The van der Waals surface area contributed by atoms with Crippen molar-refractivity contribution in [1.82, 2.24) is 9.97 Å². The zero-order valence-electron chi connectivity index (χ0n) is 24.5. The fraction of sp³-hybridized carbons (Fsp3) is 0.676. The van der Waals surface area contributed by atoms with Crippen LogP contribution in [-0.2, 0) is 22.4 Å². The van der Waals surface area contributed by atoms with E-state index in [1.165, 1.54) is 62.5 Å². The number of aryl methyl sites for hydroxylation is 2. The number of hydrogen-bond acceptors (Lipinski definition) is 4. The molecule has 216 valence electrons. The van der Waals surface area contributed by atoms with Crippen molar-refractivity contribution >= 4 is 5.97 Å². The molecule has 0 aliphatic heterocycles. The molecule has 1 atom stereocenters. The van der Waals surface area contributed by atoms with E-state index in [0.717, 1.165) is 69.2 Å². The van der Waals surface area contributed by atoms with Crippen LogP contribution in [0, 0.1) is 5.92 Å². The van der Waals surface area contributed by atoms with Crippen LogP contribution >= 0.6 is 0 Å². The van der Waals surface area contributed by atoms with Crippen molar-refractivity contribution in [2.24, 2.45) is 5.92 Å². The molecule has 1 heterocycles. The molecule has 0 unspecified atom stereocenters. The summed E-state index contributed by atoms with van der Waals surface area (Å²) < 4.78 is 19.3. The molecule has 0 bridgehead atoms. The number of benzene rings is 1. The molecule has 0 saturated heterocycles. The first-order valence-electron chi connectivity index (χ1n) is 15.8. The van der Waals surface area contributed by atoms with Gasteiger partial charge in [-0.05, 0) is 74.8 Å². The summed E-state index contributed by atoms with van der Waals surface area (Å²) in [6.45, 7) is 4.26. The Labute approximate surface area is 236 Å². The van der Waals surface area contributed by atoms with Crippen LogP contribution < -0.4 is 0 Å². The second-order valence-corrected chi connectivity index (χ2v) is 11.6. The molecule has 1 aromatic heterocycles. The van der Waals surface area contributed by atoms with Gasteiger partial charge in [-0.1, -0.05) is 95.9 Å². The second-order valence-electron chi connectivity index (χ2n) is 11.6. The molecule has 3 rings (SSSR count). The van der Waals surface area contributed by atoms with Crippen LogP contribution in [0.15, 0.2) is 36.7 Å². The number of rotatable bonds is 18. The van der Waals surface area contributed by atoms with E-state index < -0.39 is 12.1 Å². The van der Waals surface area contributed by atoms with E-state index in [0.29, 0.717) is 5.92 Å². The van der Waals surface area contributed by atoms with E-state index >= 15 is 0 Å². The van der Waals surface area contributed by atoms with Gasteiger partial charge in [-0.2, -0.15) is 0 Å². The maximum atomic E-state index is 13.9. The second kappa shape index (κ2) is 18.1. The number of aromatic nitrogens is 2. The van der Waals surface area contributed by atoms with Gasteiger partial charge < -0.3 is 4.74 Å². The molecule has 2 aromatic rings. The van der Waals surface area contributed by atoms with Crippen molar-refractivity contribution in [1.29, 1.82) is 0 Å². The quantitative estimate of drug-likeness (QED) is 0.140. The SMILES string of the molecule is CCCCCCCCCCc1cnc(-c2ccc(CC[C@H]3CC[C@H](OC(=O)[C@@H](F)CCCC)CC3)cc2)nc1. The van der Waals surface area contributed by atoms with E-state index in [1.54, 1.807) is 0 Å². The maximum Gasteiger partial charge on any atom is 0.340 e. The molecule has 4 nitrogen and oxygen atoms in total. The molecule has 0 amide bonds. The molecule has 1 aliphatic rings. The number of esters is 1. The molecule has 1 fully saturated rings. The third kappa shape index (κ3) is 11.8. The van der Waals surface area contributed by atoms with Crippen LogP contribution in [0.1, 0.15) is 128 Å². The zero-order chi connectivity index (χ0) is 27.7. The molecule has 1 aliphatic carbocycles. The third-order valence-corrected chi connectivity index (χ3v) is 8.22. The average molecular weight is 539 g/mol. The average Bonchev–Trinajstić information content (AvgIpc) is 2.97. The standard InChI is InChI=1S/C34H51FN2O2/c1-3-5-7-8-9-10-11-12-13-29-25-36-33(37-26-29)30-21-17-27(18-22-30)15-16-28-19-23-31(24-20-28)39-34(38)32(35)14-6-4-2/h17-18,21-22,25-26,28,31-32H,3-16,19-20,23-24H2,1-2H3/t28-,31-,32-/m0/s1. The smallest absolute Gasteiger partial charge is 0.340 e. The van der Waals surface area contributed by atoms with Crippen LogP contribution in [0.25, 0.3) is 11.4 Å². The van der Waals surface area contributed by atoms with Crippen LogP contribution in [0.5, 0.6) is 0 Å². The van der Waals surface area contributed by atoms with E-state index in [1.807, 2.05) is 19.3 Å². The van der Waals surface area contributed by atoms with Crippen LogP contribution in [-0.4, -0.2) is 28.2 Å². The van der Waals surface area contributed by atoms with Gasteiger partial charge in [0, 0.05) is 18.0 Å². The summed E-state index contributed by atoms with van der Waals surface area (Å²) >= 11 is 0. The maximum absolute atomic E-state index is 13.9. The molecule has 0 N–H and O–H groups in total. The van der Waals surface area contributed by atoms with Crippen LogP contribution in [0.4, 0.5) is 4.39 Å². The Morgan fingerprint density at radius 3 is 2.08 bits per heavy atom. The molecule has 1 aromatic carbocycles. The Morgan fingerprint density at radius 2 is 1.44 bits per heavy atom. The predicted octanol–water partition coefficient (Wildman–Crippen LogP) is 9.39. The topological polar surface area (TPSA) is 52.1 Å². The van der Waals surface area contributed by atoms with Gasteiger partial charge in [-0.25, -0.2) is 19.2 Å². The highest BCUT2D eigenvalue weighted by Crippen LogP contribution is 2.30. The van der Waals surface area contributed by atoms with Crippen molar-refractivity contribution in [2.75, 3.05) is 0 Å². The van der Waals surface area contributed by atoms with Gasteiger partial charge in [0.25, 0.3) is 0 Å². The number of nitrogens with zero attached hydrogens (tertiary/aromatic N) is 2. The first kappa shape index (κ1) is 31.2. The Hall–Kier alpha value is -2.30. The van der Waals surface area contributed by atoms with E-state index in [-0.39, 0.29) is 12.5 Å². The van der Waals surface area contributed by atoms with E-state index in [2.05, 4.69) is 41.2 Å². The van der Waals surface area contributed by atoms with Crippen molar-refractivity contribution < 1.29 is 13.9 Å². The molecule has 1 saturated carbocycles. The highest BCUT2D eigenvalue weighted by Gasteiger charge is 2.27. The van der Waals surface area contributed by atoms with E-state index in [4.69, 9.17) is 4.74 Å². The third-order valence-electron chi connectivity index (χ3n) is 8.22.